The van der Waals surface area contributed by atoms with E-state index in [2.05, 4.69) is 26.8 Å². The maximum atomic E-state index is 13.0. The van der Waals surface area contributed by atoms with Crippen LogP contribution in [0.5, 0.6) is 0 Å². The van der Waals surface area contributed by atoms with E-state index in [0.29, 0.717) is 18.4 Å². The lowest BCUT2D eigenvalue weighted by Crippen LogP contribution is -2.49. The molecule has 2 amide bonds. The summed E-state index contributed by atoms with van der Waals surface area (Å²) in [4.78, 5) is 32.4. The van der Waals surface area contributed by atoms with E-state index in [-0.39, 0.29) is 17.2 Å². The van der Waals surface area contributed by atoms with Crippen LogP contribution in [0.15, 0.2) is 24.5 Å². The summed E-state index contributed by atoms with van der Waals surface area (Å²) in [5.74, 6) is 1.20. The summed E-state index contributed by atoms with van der Waals surface area (Å²) < 4.78 is 1.05. The van der Waals surface area contributed by atoms with Gasteiger partial charge in [0.2, 0.25) is 5.91 Å². The van der Waals surface area contributed by atoms with Crippen LogP contribution in [-0.4, -0.2) is 59.5 Å². The zero-order chi connectivity index (χ0) is 22.3. The second-order valence-electron chi connectivity index (χ2n) is 8.90. The van der Waals surface area contributed by atoms with Gasteiger partial charge >= 0.3 is 0 Å². The van der Waals surface area contributed by atoms with Gasteiger partial charge in [-0.25, -0.2) is 0 Å². The molecule has 2 atom stereocenters. The quantitative estimate of drug-likeness (QED) is 0.563. The number of nitrogens with zero attached hydrogens (tertiary/aromatic N) is 2. The Hall–Kier alpha value is -1.64. The molecular weight excluding hydrogens is 440 g/mol. The Morgan fingerprint density at radius 2 is 2.12 bits per heavy atom. The first-order valence-corrected chi connectivity index (χ1v) is 13.9. The molecule has 4 heterocycles. The number of carbonyl (C=O) groups is 2. The van der Waals surface area contributed by atoms with Crippen LogP contribution in [-0.2, 0) is 4.79 Å². The molecule has 2 fully saturated rings. The number of rotatable bonds is 8. The van der Waals surface area contributed by atoms with Gasteiger partial charge in [0.15, 0.2) is 0 Å². The first kappa shape index (κ1) is 23.5. The van der Waals surface area contributed by atoms with E-state index in [9.17, 15) is 9.59 Å². The molecule has 2 N–H and O–H groups in total. The number of aromatic nitrogens is 1. The maximum absolute atomic E-state index is 13.0. The fraction of sp³-hybridized carbons (Fsp3) is 0.625. The number of fused-ring (bicyclic) bond motifs is 1. The number of hydrogen-bond donors (Lipinski definition) is 2. The minimum Gasteiger partial charge on any atom is -0.351 e. The third-order valence-corrected chi connectivity index (χ3v) is 8.86. The van der Waals surface area contributed by atoms with Crippen molar-refractivity contribution < 1.29 is 9.59 Å². The number of thioether (sulfide) groups is 1. The second kappa shape index (κ2) is 11.5. The number of amides is 2. The van der Waals surface area contributed by atoms with Crippen LogP contribution in [0, 0.1) is 11.8 Å². The summed E-state index contributed by atoms with van der Waals surface area (Å²) in [6, 6.07) is 3.88. The lowest BCUT2D eigenvalue weighted by atomic mass is 9.90. The smallest absolute Gasteiger partial charge is 0.261 e. The zero-order valence-electron chi connectivity index (χ0n) is 18.8. The van der Waals surface area contributed by atoms with Gasteiger partial charge in [-0.1, -0.05) is 12.8 Å². The average Bonchev–Trinajstić information content (AvgIpc) is 3.28. The van der Waals surface area contributed by atoms with Gasteiger partial charge < -0.3 is 15.5 Å². The number of nitrogens with one attached hydrogen (secondary N) is 2. The molecule has 0 aromatic carbocycles. The number of likely N-dealkylation sites (tertiary alicyclic amines) is 1. The second-order valence-corrected chi connectivity index (χ2v) is 11.0. The summed E-state index contributed by atoms with van der Waals surface area (Å²) >= 11 is 3.27. The van der Waals surface area contributed by atoms with Crippen LogP contribution in [0.2, 0.25) is 0 Å². The Morgan fingerprint density at radius 1 is 1.28 bits per heavy atom. The van der Waals surface area contributed by atoms with Crippen molar-refractivity contribution >= 4 is 45.0 Å². The van der Waals surface area contributed by atoms with Crippen LogP contribution >= 0.6 is 23.1 Å². The van der Waals surface area contributed by atoms with Gasteiger partial charge in [-0.2, -0.15) is 0 Å². The highest BCUT2D eigenvalue weighted by atomic mass is 32.2. The number of piperidine rings is 2. The summed E-state index contributed by atoms with van der Waals surface area (Å²) in [5.41, 5.74) is 0. The van der Waals surface area contributed by atoms with E-state index in [1.54, 1.807) is 18.0 Å². The third kappa shape index (κ3) is 5.83. The summed E-state index contributed by atoms with van der Waals surface area (Å²) in [7, 11) is 0. The van der Waals surface area contributed by atoms with Gasteiger partial charge in [-0.3, -0.25) is 14.6 Å². The van der Waals surface area contributed by atoms with E-state index in [1.165, 1.54) is 17.8 Å². The molecule has 2 aliphatic rings. The molecule has 0 radical (unpaired) electrons. The summed E-state index contributed by atoms with van der Waals surface area (Å²) in [6.45, 7) is 3.55. The Bertz CT molecular complexity index is 877. The molecule has 2 saturated heterocycles. The van der Waals surface area contributed by atoms with Crippen molar-refractivity contribution in [1.29, 1.82) is 0 Å². The molecule has 0 bridgehead atoms. The highest BCUT2D eigenvalue weighted by Crippen LogP contribution is 2.29. The molecule has 8 heteroatoms. The minimum atomic E-state index is 0.0127. The molecule has 4 rings (SSSR count). The third-order valence-electron chi connectivity index (χ3n) is 6.77. The summed E-state index contributed by atoms with van der Waals surface area (Å²) in [6.07, 6.45) is 13.3. The Balaban J connectivity index is 1.12. The fourth-order valence-electron chi connectivity index (χ4n) is 4.88. The molecule has 2 aliphatic heterocycles. The number of unbranched alkanes of at least 4 members (excludes halogenated alkanes) is 1. The van der Waals surface area contributed by atoms with Crippen LogP contribution in [0.4, 0.5) is 0 Å². The average molecular weight is 475 g/mol. The fourth-order valence-corrected chi connectivity index (χ4v) is 6.69. The lowest BCUT2D eigenvalue weighted by Gasteiger charge is -2.38. The largest absolute Gasteiger partial charge is 0.351 e. The molecule has 2 aromatic heterocycles. The molecule has 32 heavy (non-hydrogen) atoms. The van der Waals surface area contributed by atoms with Crippen molar-refractivity contribution in [1.82, 2.24) is 20.5 Å². The maximum Gasteiger partial charge on any atom is 0.261 e. The molecule has 0 spiro atoms. The van der Waals surface area contributed by atoms with E-state index in [1.807, 2.05) is 18.3 Å². The van der Waals surface area contributed by atoms with Gasteiger partial charge in [0.25, 0.3) is 5.91 Å². The van der Waals surface area contributed by atoms with Crippen molar-refractivity contribution in [2.45, 2.75) is 50.3 Å². The standard InChI is InChI=1S/C24H34N4O2S2/c1-31-23-19(6-4-11-27-23)24(30)28-13-8-17(9-14-28)5-2-3-10-26-22(29)20-15-18-7-12-25-16-21(18)32-20/h7,12,15-17,19,23,27H,2-6,8-11,13-14H2,1H3,(H,26,29). The number of hydrogen-bond acceptors (Lipinski definition) is 6. The van der Waals surface area contributed by atoms with Crippen LogP contribution in [0.3, 0.4) is 0 Å². The Morgan fingerprint density at radius 3 is 2.91 bits per heavy atom. The van der Waals surface area contributed by atoms with Crippen molar-refractivity contribution in [2.75, 3.05) is 32.4 Å². The normalized spacial score (nSPS) is 22.2. The van der Waals surface area contributed by atoms with Gasteiger partial charge in [-0.05, 0) is 68.3 Å². The van der Waals surface area contributed by atoms with Gasteiger partial charge in [-0.15, -0.1) is 23.1 Å². The van der Waals surface area contributed by atoms with E-state index in [4.69, 9.17) is 0 Å². The van der Waals surface area contributed by atoms with E-state index in [0.717, 1.165) is 73.1 Å². The van der Waals surface area contributed by atoms with Crippen LogP contribution < -0.4 is 10.6 Å². The predicted octanol–water partition coefficient (Wildman–Crippen LogP) is 4.12. The van der Waals surface area contributed by atoms with Crippen LogP contribution in [0.25, 0.3) is 10.1 Å². The van der Waals surface area contributed by atoms with E-state index >= 15 is 0 Å². The summed E-state index contributed by atoms with van der Waals surface area (Å²) in [5, 5.41) is 7.90. The first-order chi connectivity index (χ1) is 15.7. The first-order valence-electron chi connectivity index (χ1n) is 11.8. The molecule has 0 aliphatic carbocycles. The lowest BCUT2D eigenvalue weighted by molar-refractivity contribution is -0.137. The minimum absolute atomic E-state index is 0.0127. The predicted molar refractivity (Wildman–Crippen MR) is 133 cm³/mol. The van der Waals surface area contributed by atoms with Gasteiger partial charge in [0, 0.05) is 32.0 Å². The molecular formula is C24H34N4O2S2. The zero-order valence-corrected chi connectivity index (χ0v) is 20.5. The topological polar surface area (TPSA) is 74.3 Å². The molecule has 6 nitrogen and oxygen atoms in total. The molecule has 0 saturated carbocycles. The molecule has 174 valence electrons. The molecule has 2 aromatic rings. The Labute approximate surface area is 198 Å². The van der Waals surface area contributed by atoms with Gasteiger partial charge in [0.05, 0.1) is 20.9 Å². The van der Waals surface area contributed by atoms with Crippen molar-refractivity contribution in [3.63, 3.8) is 0 Å². The number of carbonyl (C=O) groups excluding carboxylic acids is 2. The molecule has 2 unspecified atom stereocenters. The van der Waals surface area contributed by atoms with Crippen LogP contribution in [0.1, 0.15) is 54.6 Å². The SMILES string of the molecule is CSC1NCCCC1C(=O)N1CCC(CCCCNC(=O)c2cc3ccncc3s2)CC1. The van der Waals surface area contributed by atoms with Crippen molar-refractivity contribution in [3.8, 4) is 0 Å². The monoisotopic (exact) mass is 474 g/mol. The van der Waals surface area contributed by atoms with Crippen molar-refractivity contribution in [2.24, 2.45) is 11.8 Å². The van der Waals surface area contributed by atoms with Crippen molar-refractivity contribution in [3.05, 3.63) is 29.4 Å². The highest BCUT2D eigenvalue weighted by molar-refractivity contribution is 7.99. The number of pyridine rings is 1. The highest BCUT2D eigenvalue weighted by Gasteiger charge is 2.34. The number of thiophene rings is 1. The Kier molecular flexibility index (Phi) is 8.43. The van der Waals surface area contributed by atoms with E-state index < -0.39 is 0 Å². The van der Waals surface area contributed by atoms with Gasteiger partial charge in [0.1, 0.15) is 0 Å².